The highest BCUT2D eigenvalue weighted by atomic mass is 16.1. The second-order valence-corrected chi connectivity index (χ2v) is 5.75. The fourth-order valence-electron chi connectivity index (χ4n) is 2.73. The van der Waals surface area contributed by atoms with E-state index in [0.717, 1.165) is 31.9 Å². The summed E-state index contributed by atoms with van der Waals surface area (Å²) in [5.74, 6) is -0.0691. The minimum atomic E-state index is -0.0691. The van der Waals surface area contributed by atoms with E-state index in [9.17, 15) is 4.79 Å². The van der Waals surface area contributed by atoms with Gasteiger partial charge in [-0.3, -0.25) is 9.69 Å². The van der Waals surface area contributed by atoms with Gasteiger partial charge in [-0.05, 0) is 39.0 Å². The number of carbonyl (C=O) groups excluding carboxylic acids is 1. The molecule has 1 aliphatic rings. The van der Waals surface area contributed by atoms with Gasteiger partial charge in [0, 0.05) is 44.3 Å². The van der Waals surface area contributed by atoms with Gasteiger partial charge in [0.1, 0.15) is 0 Å². The molecule has 1 fully saturated rings. The molecule has 1 aliphatic heterocycles. The molecule has 0 radical (unpaired) electrons. The number of nitrogens with zero attached hydrogens (tertiary/aromatic N) is 2. The second kappa shape index (κ2) is 6.80. The van der Waals surface area contributed by atoms with Crippen molar-refractivity contribution in [3.8, 4) is 0 Å². The second-order valence-electron chi connectivity index (χ2n) is 5.75. The third-order valence-electron chi connectivity index (χ3n) is 4.01. The van der Waals surface area contributed by atoms with E-state index in [1.165, 1.54) is 0 Å². The van der Waals surface area contributed by atoms with Crippen molar-refractivity contribution in [3.63, 3.8) is 0 Å². The molecule has 5 nitrogen and oxygen atoms in total. The molecule has 1 heterocycles. The highest BCUT2D eigenvalue weighted by molar-refractivity contribution is 5.96. The number of piperazine rings is 1. The number of anilines is 2. The summed E-state index contributed by atoms with van der Waals surface area (Å²) in [6, 6.07) is 6.18. The molecule has 1 saturated heterocycles. The van der Waals surface area contributed by atoms with Gasteiger partial charge in [0.05, 0.1) is 11.4 Å². The quantitative estimate of drug-likeness (QED) is 0.826. The average molecular weight is 290 g/mol. The molecule has 1 aromatic carbocycles. The smallest absolute Gasteiger partial charge is 0.251 e. The van der Waals surface area contributed by atoms with Crippen molar-refractivity contribution in [2.24, 2.45) is 0 Å². The van der Waals surface area contributed by atoms with Crippen molar-refractivity contribution in [2.75, 3.05) is 43.4 Å². The van der Waals surface area contributed by atoms with Gasteiger partial charge >= 0.3 is 0 Å². The number of amides is 1. The first-order valence-electron chi connectivity index (χ1n) is 7.69. The van der Waals surface area contributed by atoms with Gasteiger partial charge in [-0.2, -0.15) is 0 Å². The maximum absolute atomic E-state index is 11.8. The van der Waals surface area contributed by atoms with Gasteiger partial charge in [-0.15, -0.1) is 0 Å². The minimum absolute atomic E-state index is 0.0691. The first-order chi connectivity index (χ1) is 10.0. The van der Waals surface area contributed by atoms with Crippen LogP contribution < -0.4 is 16.0 Å². The van der Waals surface area contributed by atoms with Gasteiger partial charge in [-0.1, -0.05) is 0 Å². The van der Waals surface area contributed by atoms with Gasteiger partial charge in [-0.25, -0.2) is 0 Å². The molecule has 116 valence electrons. The fourth-order valence-corrected chi connectivity index (χ4v) is 2.73. The Labute approximate surface area is 127 Å². The van der Waals surface area contributed by atoms with Gasteiger partial charge in [0.25, 0.3) is 5.91 Å². The van der Waals surface area contributed by atoms with Crippen molar-refractivity contribution < 1.29 is 4.79 Å². The van der Waals surface area contributed by atoms with Crippen LogP contribution in [-0.4, -0.2) is 49.6 Å². The summed E-state index contributed by atoms with van der Waals surface area (Å²) in [7, 11) is 0. The standard InChI is InChI=1S/C16H26N4O/c1-4-18-16(21)13-5-6-15(14(17)11-13)20-9-7-19(8-10-20)12(2)3/h5-6,11-12H,4,7-10,17H2,1-3H3,(H,18,21). The first-order valence-corrected chi connectivity index (χ1v) is 7.69. The third kappa shape index (κ3) is 3.67. The molecule has 0 atom stereocenters. The van der Waals surface area contributed by atoms with E-state index in [0.29, 0.717) is 23.8 Å². The Balaban J connectivity index is 2.06. The molecule has 0 aliphatic carbocycles. The molecule has 0 aromatic heterocycles. The summed E-state index contributed by atoms with van der Waals surface area (Å²) in [5, 5.41) is 2.79. The van der Waals surface area contributed by atoms with E-state index < -0.39 is 0 Å². The van der Waals surface area contributed by atoms with Crippen LogP contribution in [0.3, 0.4) is 0 Å². The summed E-state index contributed by atoms with van der Waals surface area (Å²) in [6.07, 6.45) is 0. The van der Waals surface area contributed by atoms with E-state index in [2.05, 4.69) is 29.0 Å². The van der Waals surface area contributed by atoms with Crippen LogP contribution in [-0.2, 0) is 0 Å². The lowest BCUT2D eigenvalue weighted by molar-refractivity contribution is 0.0956. The highest BCUT2D eigenvalue weighted by Gasteiger charge is 2.20. The molecular formula is C16H26N4O. The molecular weight excluding hydrogens is 264 g/mol. The van der Waals surface area contributed by atoms with E-state index in [4.69, 9.17) is 5.73 Å². The predicted molar refractivity (Wildman–Crippen MR) is 87.8 cm³/mol. The van der Waals surface area contributed by atoms with Crippen LogP contribution >= 0.6 is 0 Å². The summed E-state index contributed by atoms with van der Waals surface area (Å²) < 4.78 is 0. The van der Waals surface area contributed by atoms with Crippen molar-refractivity contribution in [1.29, 1.82) is 0 Å². The van der Waals surface area contributed by atoms with Crippen molar-refractivity contribution in [2.45, 2.75) is 26.8 Å². The maximum Gasteiger partial charge on any atom is 0.251 e. The zero-order valence-corrected chi connectivity index (χ0v) is 13.2. The Kier molecular flexibility index (Phi) is 5.07. The number of nitrogen functional groups attached to an aromatic ring is 1. The Morgan fingerprint density at radius 3 is 2.48 bits per heavy atom. The molecule has 21 heavy (non-hydrogen) atoms. The van der Waals surface area contributed by atoms with Crippen LogP contribution in [0.1, 0.15) is 31.1 Å². The van der Waals surface area contributed by atoms with Gasteiger partial charge < -0.3 is 16.0 Å². The number of nitrogens with one attached hydrogen (secondary N) is 1. The Morgan fingerprint density at radius 1 is 1.29 bits per heavy atom. The topological polar surface area (TPSA) is 61.6 Å². The van der Waals surface area contributed by atoms with Crippen molar-refractivity contribution in [1.82, 2.24) is 10.2 Å². The summed E-state index contributed by atoms with van der Waals surface area (Å²) in [5.41, 5.74) is 8.48. The van der Waals surface area contributed by atoms with Gasteiger partial charge in [0.2, 0.25) is 0 Å². The molecule has 5 heteroatoms. The maximum atomic E-state index is 11.8. The number of nitrogens with two attached hydrogens (primary N) is 1. The number of hydrogen-bond acceptors (Lipinski definition) is 4. The summed E-state index contributed by atoms with van der Waals surface area (Å²) >= 11 is 0. The molecule has 0 bridgehead atoms. The lowest BCUT2D eigenvalue weighted by atomic mass is 10.1. The summed E-state index contributed by atoms with van der Waals surface area (Å²) in [4.78, 5) is 16.6. The molecule has 1 aromatic rings. The molecule has 2 rings (SSSR count). The van der Waals surface area contributed by atoms with E-state index in [1.54, 1.807) is 6.07 Å². The van der Waals surface area contributed by atoms with Crippen LogP contribution in [0.2, 0.25) is 0 Å². The van der Waals surface area contributed by atoms with Crippen LogP contribution in [0.15, 0.2) is 18.2 Å². The van der Waals surface area contributed by atoms with Crippen LogP contribution in [0.25, 0.3) is 0 Å². The molecule has 0 saturated carbocycles. The zero-order valence-electron chi connectivity index (χ0n) is 13.2. The van der Waals surface area contributed by atoms with Crippen LogP contribution in [0, 0.1) is 0 Å². The Morgan fingerprint density at radius 2 is 1.95 bits per heavy atom. The number of benzene rings is 1. The largest absolute Gasteiger partial charge is 0.397 e. The van der Waals surface area contributed by atoms with Crippen LogP contribution in [0.5, 0.6) is 0 Å². The normalized spacial score (nSPS) is 16.3. The zero-order chi connectivity index (χ0) is 15.4. The first kappa shape index (κ1) is 15.6. The minimum Gasteiger partial charge on any atom is -0.397 e. The number of carbonyl (C=O) groups is 1. The molecule has 0 unspecified atom stereocenters. The predicted octanol–water partition coefficient (Wildman–Crippen LogP) is 1.55. The fraction of sp³-hybridized carbons (Fsp3) is 0.562. The van der Waals surface area contributed by atoms with E-state index in [1.807, 2.05) is 19.1 Å². The van der Waals surface area contributed by atoms with E-state index >= 15 is 0 Å². The van der Waals surface area contributed by atoms with Crippen molar-refractivity contribution in [3.05, 3.63) is 23.8 Å². The van der Waals surface area contributed by atoms with Crippen LogP contribution in [0.4, 0.5) is 11.4 Å². The van der Waals surface area contributed by atoms with Crippen molar-refractivity contribution >= 4 is 17.3 Å². The highest BCUT2D eigenvalue weighted by Crippen LogP contribution is 2.25. The Hall–Kier alpha value is -1.75. The molecule has 3 N–H and O–H groups in total. The third-order valence-corrected chi connectivity index (χ3v) is 4.01. The number of hydrogen-bond donors (Lipinski definition) is 2. The SMILES string of the molecule is CCNC(=O)c1ccc(N2CCN(C(C)C)CC2)c(N)c1. The lowest BCUT2D eigenvalue weighted by Crippen LogP contribution is -2.49. The number of rotatable bonds is 4. The molecule has 1 amide bonds. The average Bonchev–Trinajstić information content (AvgIpc) is 2.47. The monoisotopic (exact) mass is 290 g/mol. The van der Waals surface area contributed by atoms with E-state index in [-0.39, 0.29) is 5.91 Å². The Bertz CT molecular complexity index is 493. The van der Waals surface area contributed by atoms with Gasteiger partial charge in [0.15, 0.2) is 0 Å². The summed E-state index contributed by atoms with van der Waals surface area (Å²) in [6.45, 7) is 11.0. The molecule has 0 spiro atoms. The lowest BCUT2D eigenvalue weighted by Gasteiger charge is -2.38.